The minimum Gasteiger partial charge on any atom is -0.445 e. The SMILES string of the molecule is O=C(c1cc2c([nH]c1=O)CCCC2)N1CCc2oc(Cc3ccccc3)nc2C1. The Morgan fingerprint density at radius 3 is 2.83 bits per heavy atom. The van der Waals surface area contributed by atoms with Crippen molar-refractivity contribution in [2.45, 2.75) is 45.1 Å². The first-order valence-electron chi connectivity index (χ1n) is 10.2. The number of aryl methyl sites for hydroxylation is 2. The van der Waals surface area contributed by atoms with Crippen LogP contribution in [0.15, 0.2) is 45.6 Å². The molecule has 0 bridgehead atoms. The average Bonchev–Trinajstić information content (AvgIpc) is 3.15. The monoisotopic (exact) mass is 389 g/mol. The fourth-order valence-corrected chi connectivity index (χ4v) is 4.28. The van der Waals surface area contributed by atoms with Crippen molar-refractivity contribution in [3.8, 4) is 0 Å². The van der Waals surface area contributed by atoms with E-state index in [1.807, 2.05) is 30.3 Å². The number of rotatable bonds is 3. The number of oxazole rings is 1. The maximum absolute atomic E-state index is 13.1. The van der Waals surface area contributed by atoms with E-state index in [0.29, 0.717) is 31.8 Å². The molecule has 6 nitrogen and oxygen atoms in total. The van der Waals surface area contributed by atoms with Gasteiger partial charge in [-0.05, 0) is 42.9 Å². The van der Waals surface area contributed by atoms with Crippen molar-refractivity contribution in [1.82, 2.24) is 14.9 Å². The standard InChI is InChI=1S/C23H23N3O3/c27-22-17(13-16-8-4-5-9-18(16)25-22)23(28)26-11-10-20-19(14-26)24-21(29-20)12-15-6-2-1-3-7-15/h1-3,6-7,13H,4-5,8-12,14H2,(H,25,27). The molecule has 0 atom stereocenters. The van der Waals surface area contributed by atoms with Gasteiger partial charge in [0.1, 0.15) is 17.0 Å². The van der Waals surface area contributed by atoms with Crippen molar-refractivity contribution in [3.63, 3.8) is 0 Å². The first-order chi connectivity index (χ1) is 14.2. The quantitative estimate of drug-likeness (QED) is 0.747. The van der Waals surface area contributed by atoms with Gasteiger partial charge in [0, 0.05) is 25.1 Å². The number of aromatic amines is 1. The predicted octanol–water partition coefficient (Wildman–Crippen LogP) is 3.03. The molecule has 1 amide bonds. The van der Waals surface area contributed by atoms with Crippen LogP contribution in [0.3, 0.4) is 0 Å². The molecule has 3 heterocycles. The molecule has 1 N–H and O–H groups in total. The van der Waals surface area contributed by atoms with E-state index in [1.54, 1.807) is 11.0 Å². The van der Waals surface area contributed by atoms with Gasteiger partial charge >= 0.3 is 0 Å². The van der Waals surface area contributed by atoms with Gasteiger partial charge in [-0.15, -0.1) is 0 Å². The normalized spacial score (nSPS) is 15.7. The van der Waals surface area contributed by atoms with E-state index in [4.69, 9.17) is 4.42 Å². The first kappa shape index (κ1) is 17.9. The van der Waals surface area contributed by atoms with Crippen LogP contribution >= 0.6 is 0 Å². The van der Waals surface area contributed by atoms with Gasteiger partial charge in [0.05, 0.1) is 6.54 Å². The second-order valence-corrected chi connectivity index (χ2v) is 7.84. The largest absolute Gasteiger partial charge is 0.445 e. The smallest absolute Gasteiger partial charge is 0.261 e. The van der Waals surface area contributed by atoms with E-state index < -0.39 is 0 Å². The van der Waals surface area contributed by atoms with E-state index in [2.05, 4.69) is 9.97 Å². The molecule has 3 aromatic rings. The molecular formula is C23H23N3O3. The fraction of sp³-hybridized carbons (Fsp3) is 0.348. The van der Waals surface area contributed by atoms with Gasteiger partial charge < -0.3 is 14.3 Å². The van der Waals surface area contributed by atoms with E-state index >= 15 is 0 Å². The molecule has 0 saturated carbocycles. The van der Waals surface area contributed by atoms with Crippen molar-refractivity contribution >= 4 is 5.91 Å². The molecule has 0 spiro atoms. The molecule has 2 aromatic heterocycles. The number of amides is 1. The number of aromatic nitrogens is 2. The van der Waals surface area contributed by atoms with Crippen LogP contribution in [-0.2, 0) is 32.2 Å². The van der Waals surface area contributed by atoms with Crippen LogP contribution in [0.2, 0.25) is 0 Å². The number of hydrogen-bond acceptors (Lipinski definition) is 4. The van der Waals surface area contributed by atoms with Gasteiger partial charge in [0.15, 0.2) is 5.89 Å². The Morgan fingerprint density at radius 1 is 1.14 bits per heavy atom. The Morgan fingerprint density at radius 2 is 1.97 bits per heavy atom. The summed E-state index contributed by atoms with van der Waals surface area (Å²) in [6.45, 7) is 0.908. The molecule has 29 heavy (non-hydrogen) atoms. The molecule has 0 radical (unpaired) electrons. The van der Waals surface area contributed by atoms with Gasteiger partial charge in [0.25, 0.3) is 11.5 Å². The van der Waals surface area contributed by atoms with E-state index in [9.17, 15) is 9.59 Å². The number of nitrogens with one attached hydrogen (secondary N) is 1. The summed E-state index contributed by atoms with van der Waals surface area (Å²) in [5, 5.41) is 0. The summed E-state index contributed by atoms with van der Waals surface area (Å²) in [4.78, 5) is 34.8. The second kappa shape index (κ2) is 7.35. The van der Waals surface area contributed by atoms with Gasteiger partial charge in [0.2, 0.25) is 0 Å². The van der Waals surface area contributed by atoms with Crippen LogP contribution in [0.25, 0.3) is 0 Å². The Balaban J connectivity index is 1.36. The second-order valence-electron chi connectivity index (χ2n) is 7.84. The van der Waals surface area contributed by atoms with Crippen molar-refractivity contribution < 1.29 is 9.21 Å². The molecule has 1 aliphatic heterocycles. The highest BCUT2D eigenvalue weighted by atomic mass is 16.4. The zero-order valence-corrected chi connectivity index (χ0v) is 16.2. The lowest BCUT2D eigenvalue weighted by Crippen LogP contribution is -2.38. The predicted molar refractivity (Wildman–Crippen MR) is 108 cm³/mol. The third kappa shape index (κ3) is 3.50. The molecule has 2 aliphatic rings. The molecule has 0 saturated heterocycles. The summed E-state index contributed by atoms with van der Waals surface area (Å²) < 4.78 is 5.92. The van der Waals surface area contributed by atoms with Gasteiger partial charge in [-0.1, -0.05) is 30.3 Å². The molecule has 1 aliphatic carbocycles. The molecule has 148 valence electrons. The summed E-state index contributed by atoms with van der Waals surface area (Å²) in [5.74, 6) is 1.29. The van der Waals surface area contributed by atoms with Crippen LogP contribution in [0, 0.1) is 0 Å². The zero-order chi connectivity index (χ0) is 19.8. The molecule has 5 rings (SSSR count). The summed E-state index contributed by atoms with van der Waals surface area (Å²) in [5.41, 5.74) is 3.97. The summed E-state index contributed by atoms with van der Waals surface area (Å²) in [6, 6.07) is 11.9. The molecule has 1 aromatic carbocycles. The lowest BCUT2D eigenvalue weighted by Gasteiger charge is -2.25. The minimum atomic E-state index is -0.286. The summed E-state index contributed by atoms with van der Waals surface area (Å²) >= 11 is 0. The van der Waals surface area contributed by atoms with Crippen molar-refractivity contribution in [2.24, 2.45) is 0 Å². The number of pyridine rings is 1. The van der Waals surface area contributed by atoms with Crippen LogP contribution in [-0.4, -0.2) is 27.3 Å². The highest BCUT2D eigenvalue weighted by Gasteiger charge is 2.28. The number of carbonyl (C=O) groups is 1. The topological polar surface area (TPSA) is 79.2 Å². The number of hydrogen-bond donors (Lipinski definition) is 1. The zero-order valence-electron chi connectivity index (χ0n) is 16.2. The third-order valence-corrected chi connectivity index (χ3v) is 5.83. The van der Waals surface area contributed by atoms with Gasteiger partial charge in [-0.25, -0.2) is 4.98 Å². The number of nitrogens with zero attached hydrogens (tertiary/aromatic N) is 2. The summed E-state index contributed by atoms with van der Waals surface area (Å²) in [6.07, 6.45) is 5.24. The van der Waals surface area contributed by atoms with Gasteiger partial charge in [-0.3, -0.25) is 9.59 Å². The number of H-pyrrole nitrogens is 1. The van der Waals surface area contributed by atoms with Crippen molar-refractivity contribution in [2.75, 3.05) is 6.54 Å². The molecule has 6 heteroatoms. The number of benzene rings is 1. The Kier molecular flexibility index (Phi) is 4.54. The third-order valence-electron chi connectivity index (χ3n) is 5.83. The Bertz CT molecular complexity index is 1110. The van der Waals surface area contributed by atoms with E-state index in [0.717, 1.165) is 54.0 Å². The number of carbonyl (C=O) groups excluding carboxylic acids is 1. The summed E-state index contributed by atoms with van der Waals surface area (Å²) in [7, 11) is 0. The lowest BCUT2D eigenvalue weighted by molar-refractivity contribution is 0.0726. The van der Waals surface area contributed by atoms with Crippen LogP contribution in [0.4, 0.5) is 0 Å². The van der Waals surface area contributed by atoms with Crippen molar-refractivity contribution in [3.05, 3.63) is 86.5 Å². The van der Waals surface area contributed by atoms with Crippen LogP contribution in [0.5, 0.6) is 0 Å². The average molecular weight is 389 g/mol. The molecule has 0 fully saturated rings. The van der Waals surface area contributed by atoms with Gasteiger partial charge in [-0.2, -0.15) is 0 Å². The maximum atomic E-state index is 13.1. The highest BCUT2D eigenvalue weighted by Crippen LogP contribution is 2.23. The molecular weight excluding hydrogens is 366 g/mol. The Hall–Kier alpha value is -3.15. The number of fused-ring (bicyclic) bond motifs is 2. The maximum Gasteiger partial charge on any atom is 0.261 e. The Labute approximate surface area is 168 Å². The van der Waals surface area contributed by atoms with Crippen molar-refractivity contribution in [1.29, 1.82) is 0 Å². The fourth-order valence-electron chi connectivity index (χ4n) is 4.28. The molecule has 0 unspecified atom stereocenters. The first-order valence-corrected chi connectivity index (χ1v) is 10.2. The van der Waals surface area contributed by atoms with Crippen LogP contribution < -0.4 is 5.56 Å². The van der Waals surface area contributed by atoms with E-state index in [-0.39, 0.29) is 17.0 Å². The minimum absolute atomic E-state index is 0.224. The highest BCUT2D eigenvalue weighted by molar-refractivity contribution is 5.94. The van der Waals surface area contributed by atoms with E-state index in [1.165, 1.54) is 0 Å². The lowest BCUT2D eigenvalue weighted by atomic mass is 9.94. The van der Waals surface area contributed by atoms with Crippen LogP contribution in [0.1, 0.15) is 57.4 Å².